The molecule has 0 fully saturated rings. The Labute approximate surface area is 129 Å². The standard InChI is InChI=1S/C14H20N6O2/c1-15-14(16-8-13-19-17-9-20(13)2)18-10-5-6-11(21-3)12(7-10)22-4/h5-7,9H,8H2,1-4H3,(H2,15,16,18). The van der Waals surface area contributed by atoms with Crippen molar-refractivity contribution in [3.63, 3.8) is 0 Å². The number of nitrogens with one attached hydrogen (secondary N) is 2. The van der Waals surface area contributed by atoms with Gasteiger partial charge in [0.05, 0.1) is 20.8 Å². The minimum Gasteiger partial charge on any atom is -0.493 e. The zero-order valence-corrected chi connectivity index (χ0v) is 13.1. The molecule has 8 heteroatoms. The van der Waals surface area contributed by atoms with Gasteiger partial charge >= 0.3 is 0 Å². The molecule has 2 N–H and O–H groups in total. The largest absolute Gasteiger partial charge is 0.493 e. The van der Waals surface area contributed by atoms with Crippen LogP contribution < -0.4 is 20.1 Å². The Morgan fingerprint density at radius 1 is 1.27 bits per heavy atom. The summed E-state index contributed by atoms with van der Waals surface area (Å²) in [5, 5.41) is 14.2. The molecule has 0 aliphatic carbocycles. The second-order valence-electron chi connectivity index (χ2n) is 4.48. The number of benzene rings is 1. The number of guanidine groups is 1. The molecule has 22 heavy (non-hydrogen) atoms. The van der Waals surface area contributed by atoms with Gasteiger partial charge in [-0.05, 0) is 12.1 Å². The van der Waals surface area contributed by atoms with Crippen LogP contribution in [0, 0.1) is 0 Å². The van der Waals surface area contributed by atoms with Gasteiger partial charge < -0.3 is 24.7 Å². The predicted molar refractivity (Wildman–Crippen MR) is 84.4 cm³/mol. The Bertz CT molecular complexity index is 653. The summed E-state index contributed by atoms with van der Waals surface area (Å²) >= 11 is 0. The van der Waals surface area contributed by atoms with Gasteiger partial charge in [-0.15, -0.1) is 10.2 Å². The topological polar surface area (TPSA) is 85.6 Å². The monoisotopic (exact) mass is 304 g/mol. The number of nitrogens with zero attached hydrogens (tertiary/aromatic N) is 4. The summed E-state index contributed by atoms with van der Waals surface area (Å²) in [7, 11) is 6.80. The molecule has 0 unspecified atom stereocenters. The fourth-order valence-electron chi connectivity index (χ4n) is 1.86. The number of hydrogen-bond acceptors (Lipinski definition) is 5. The van der Waals surface area contributed by atoms with Crippen molar-refractivity contribution in [2.24, 2.45) is 12.0 Å². The van der Waals surface area contributed by atoms with Gasteiger partial charge in [-0.2, -0.15) is 0 Å². The predicted octanol–water partition coefficient (Wildman–Crippen LogP) is 1.02. The van der Waals surface area contributed by atoms with Crippen molar-refractivity contribution >= 4 is 11.6 Å². The number of aromatic nitrogens is 3. The zero-order valence-electron chi connectivity index (χ0n) is 13.1. The summed E-state index contributed by atoms with van der Waals surface area (Å²) in [6.07, 6.45) is 1.65. The van der Waals surface area contributed by atoms with Crippen LogP contribution in [-0.2, 0) is 13.6 Å². The van der Waals surface area contributed by atoms with Crippen molar-refractivity contribution in [1.29, 1.82) is 0 Å². The molecule has 0 radical (unpaired) electrons. The summed E-state index contributed by atoms with van der Waals surface area (Å²) in [6.45, 7) is 0.517. The van der Waals surface area contributed by atoms with Gasteiger partial charge in [0.2, 0.25) is 0 Å². The van der Waals surface area contributed by atoms with Crippen molar-refractivity contribution < 1.29 is 9.47 Å². The Hall–Kier alpha value is -2.77. The van der Waals surface area contributed by atoms with E-state index in [1.54, 1.807) is 27.6 Å². The fourth-order valence-corrected chi connectivity index (χ4v) is 1.86. The third kappa shape index (κ3) is 3.66. The van der Waals surface area contributed by atoms with E-state index in [2.05, 4.69) is 25.8 Å². The maximum Gasteiger partial charge on any atom is 0.195 e. The Kier molecular flexibility index (Phi) is 5.18. The summed E-state index contributed by atoms with van der Waals surface area (Å²) in [5.74, 6) is 2.76. The van der Waals surface area contributed by atoms with Crippen molar-refractivity contribution in [2.75, 3.05) is 26.6 Å². The summed E-state index contributed by atoms with van der Waals surface area (Å²) in [6, 6.07) is 5.56. The Morgan fingerprint density at radius 2 is 2.05 bits per heavy atom. The molecule has 0 aliphatic heterocycles. The smallest absolute Gasteiger partial charge is 0.195 e. The van der Waals surface area contributed by atoms with Gasteiger partial charge in [0.15, 0.2) is 23.3 Å². The van der Waals surface area contributed by atoms with E-state index in [9.17, 15) is 0 Å². The lowest BCUT2D eigenvalue weighted by molar-refractivity contribution is 0.355. The molecule has 1 aromatic carbocycles. The van der Waals surface area contributed by atoms with Crippen LogP contribution in [0.2, 0.25) is 0 Å². The molecular weight excluding hydrogens is 284 g/mol. The number of methoxy groups -OCH3 is 2. The van der Waals surface area contributed by atoms with E-state index in [1.165, 1.54) is 0 Å². The highest BCUT2D eigenvalue weighted by atomic mass is 16.5. The normalized spacial score (nSPS) is 11.2. The summed E-state index contributed by atoms with van der Waals surface area (Å²) in [4.78, 5) is 4.18. The second kappa shape index (κ2) is 7.30. The van der Waals surface area contributed by atoms with E-state index in [1.807, 2.05) is 29.8 Å². The van der Waals surface area contributed by atoms with Crippen molar-refractivity contribution in [3.8, 4) is 11.5 Å². The number of aryl methyl sites for hydroxylation is 1. The molecule has 2 aromatic rings. The van der Waals surface area contributed by atoms with Crippen LogP contribution in [0.15, 0.2) is 29.5 Å². The highest BCUT2D eigenvalue weighted by molar-refractivity contribution is 5.93. The first-order valence-electron chi connectivity index (χ1n) is 6.70. The molecule has 2 rings (SSSR count). The van der Waals surface area contributed by atoms with Gasteiger partial charge in [0, 0.05) is 25.8 Å². The lowest BCUT2D eigenvalue weighted by Crippen LogP contribution is -2.31. The van der Waals surface area contributed by atoms with Crippen LogP contribution >= 0.6 is 0 Å². The molecular formula is C14H20N6O2. The molecule has 118 valence electrons. The van der Waals surface area contributed by atoms with Gasteiger partial charge in [0.1, 0.15) is 6.33 Å². The molecule has 1 aromatic heterocycles. The van der Waals surface area contributed by atoms with Crippen molar-refractivity contribution in [2.45, 2.75) is 6.54 Å². The van der Waals surface area contributed by atoms with Crippen LogP contribution in [0.1, 0.15) is 5.82 Å². The molecule has 0 spiro atoms. The lowest BCUT2D eigenvalue weighted by Gasteiger charge is -2.13. The second-order valence-corrected chi connectivity index (χ2v) is 4.48. The Balaban J connectivity index is 2.03. The maximum absolute atomic E-state index is 5.28. The zero-order chi connectivity index (χ0) is 15.9. The first-order chi connectivity index (χ1) is 10.7. The first kappa shape index (κ1) is 15.6. The number of rotatable bonds is 5. The number of anilines is 1. The highest BCUT2D eigenvalue weighted by Gasteiger charge is 2.07. The third-order valence-electron chi connectivity index (χ3n) is 3.09. The SMILES string of the molecule is CN=C(NCc1nncn1C)Nc1ccc(OC)c(OC)c1. The summed E-state index contributed by atoms with van der Waals surface area (Å²) < 4.78 is 12.3. The molecule has 0 bridgehead atoms. The van der Waals surface area contributed by atoms with E-state index < -0.39 is 0 Å². The quantitative estimate of drug-likeness (QED) is 0.633. The van der Waals surface area contributed by atoms with E-state index >= 15 is 0 Å². The van der Waals surface area contributed by atoms with Gasteiger partial charge in [-0.3, -0.25) is 4.99 Å². The fraction of sp³-hybridized carbons (Fsp3) is 0.357. The third-order valence-corrected chi connectivity index (χ3v) is 3.09. The van der Waals surface area contributed by atoms with Gasteiger partial charge in [0.25, 0.3) is 0 Å². The van der Waals surface area contributed by atoms with Crippen LogP contribution in [0.4, 0.5) is 5.69 Å². The molecule has 8 nitrogen and oxygen atoms in total. The number of hydrogen-bond donors (Lipinski definition) is 2. The van der Waals surface area contributed by atoms with Crippen molar-refractivity contribution in [3.05, 3.63) is 30.4 Å². The van der Waals surface area contributed by atoms with Crippen LogP contribution in [0.5, 0.6) is 11.5 Å². The van der Waals surface area contributed by atoms with Gasteiger partial charge in [-0.1, -0.05) is 0 Å². The minimum absolute atomic E-state index is 0.517. The molecule has 0 aliphatic rings. The number of ether oxygens (including phenoxy) is 2. The van der Waals surface area contributed by atoms with E-state index in [-0.39, 0.29) is 0 Å². The van der Waals surface area contributed by atoms with Crippen molar-refractivity contribution in [1.82, 2.24) is 20.1 Å². The van der Waals surface area contributed by atoms with E-state index in [4.69, 9.17) is 9.47 Å². The minimum atomic E-state index is 0.517. The molecule has 1 heterocycles. The average molecular weight is 304 g/mol. The van der Waals surface area contributed by atoms with Crippen LogP contribution in [0.25, 0.3) is 0 Å². The molecule has 0 saturated heterocycles. The van der Waals surface area contributed by atoms with E-state index in [0.717, 1.165) is 11.5 Å². The highest BCUT2D eigenvalue weighted by Crippen LogP contribution is 2.29. The molecule has 0 atom stereocenters. The van der Waals surface area contributed by atoms with Gasteiger partial charge in [-0.25, -0.2) is 0 Å². The summed E-state index contributed by atoms with van der Waals surface area (Å²) in [5.41, 5.74) is 0.837. The molecule has 0 saturated carbocycles. The van der Waals surface area contributed by atoms with Crippen LogP contribution in [0.3, 0.4) is 0 Å². The van der Waals surface area contributed by atoms with E-state index in [0.29, 0.717) is 24.0 Å². The lowest BCUT2D eigenvalue weighted by atomic mass is 10.3. The number of aliphatic imine (C=N–C) groups is 1. The molecule has 0 amide bonds. The maximum atomic E-state index is 5.28. The van der Waals surface area contributed by atoms with Crippen LogP contribution in [-0.4, -0.2) is 42.0 Å². The first-order valence-corrected chi connectivity index (χ1v) is 6.70. The Morgan fingerprint density at radius 3 is 2.64 bits per heavy atom. The average Bonchev–Trinajstić information content (AvgIpc) is 2.96.